The molecule has 0 aliphatic carbocycles. The molecule has 0 radical (unpaired) electrons. The third kappa shape index (κ3) is 12.0. The van der Waals surface area contributed by atoms with Crippen LogP contribution in [0.3, 0.4) is 0 Å². The van der Waals surface area contributed by atoms with Crippen LogP contribution in [0.5, 0.6) is 0 Å². The Hall–Kier alpha value is -3.10. The number of carbonyl (C=O) groups is 3. The normalized spacial score (nSPS) is 13.8. The van der Waals surface area contributed by atoms with Crippen molar-refractivity contribution in [3.8, 4) is 0 Å². The van der Waals surface area contributed by atoms with Crippen molar-refractivity contribution in [3.05, 3.63) is 22.9 Å². The molecule has 9 nitrogen and oxygen atoms in total. The molecule has 1 aromatic heterocycles. The molecule has 0 spiro atoms. The number of nitrogens with one attached hydrogen (secondary N) is 1. The highest BCUT2D eigenvalue weighted by Crippen LogP contribution is 2.23. The predicted molar refractivity (Wildman–Crippen MR) is 118 cm³/mol. The van der Waals surface area contributed by atoms with Gasteiger partial charge in [0.2, 0.25) is 0 Å². The van der Waals surface area contributed by atoms with Crippen LogP contribution in [0, 0.1) is 5.92 Å². The summed E-state index contributed by atoms with van der Waals surface area (Å²) in [5, 5.41) is 17.6. The summed E-state index contributed by atoms with van der Waals surface area (Å²) in [7, 11) is 5.71. The summed E-state index contributed by atoms with van der Waals surface area (Å²) >= 11 is 0. The monoisotopic (exact) mass is 532 g/mol. The molecule has 1 aliphatic heterocycles. The fourth-order valence-electron chi connectivity index (χ4n) is 2.59. The smallest absolute Gasteiger partial charge is 0.475 e. The summed E-state index contributed by atoms with van der Waals surface area (Å²) in [6, 6.07) is 2.05. The van der Waals surface area contributed by atoms with E-state index in [1.807, 2.05) is 6.07 Å². The largest absolute Gasteiger partial charge is 0.490 e. The average molecular weight is 532 g/mol. The topological polar surface area (TPSA) is 123 Å². The summed E-state index contributed by atoms with van der Waals surface area (Å²) < 4.78 is 63.5. The van der Waals surface area contributed by atoms with Gasteiger partial charge in [-0.05, 0) is 31.0 Å². The molecule has 1 amide bonds. The number of halogens is 6. The Balaban J connectivity index is 0.000000720. The quantitative estimate of drug-likeness (QED) is 0.506. The average Bonchev–Trinajstić information content (AvgIpc) is 2.91. The molecule has 0 aromatic carbocycles. The summed E-state index contributed by atoms with van der Waals surface area (Å²) in [6.07, 6.45) is -8.27. The number of carboxylic acids is 2. The van der Waals surface area contributed by atoms with Gasteiger partial charge in [-0.2, -0.15) is 26.3 Å². The molecule has 2 rings (SSSR count). The number of rotatable bonds is 4. The number of pyridine rings is 1. The Labute approximate surface area is 204 Å². The van der Waals surface area contributed by atoms with Crippen LogP contribution in [0.15, 0.2) is 6.07 Å². The molecule has 206 valence electrons. The third-order valence-electron chi connectivity index (χ3n) is 4.48. The molecule has 36 heavy (non-hydrogen) atoms. The number of hydrogen-bond acceptors (Lipinski definition) is 6. The van der Waals surface area contributed by atoms with E-state index in [1.165, 1.54) is 5.56 Å². The van der Waals surface area contributed by atoms with Gasteiger partial charge in [0.1, 0.15) is 5.82 Å². The van der Waals surface area contributed by atoms with Crippen molar-refractivity contribution in [2.24, 2.45) is 5.92 Å². The van der Waals surface area contributed by atoms with Crippen LogP contribution < -0.4 is 5.32 Å². The van der Waals surface area contributed by atoms with Crippen LogP contribution in [-0.4, -0.2) is 96.0 Å². The Morgan fingerprint density at radius 3 is 1.86 bits per heavy atom. The van der Waals surface area contributed by atoms with Gasteiger partial charge in [0.25, 0.3) is 5.91 Å². The fourth-order valence-corrected chi connectivity index (χ4v) is 2.59. The Morgan fingerprint density at radius 2 is 1.47 bits per heavy atom. The molecule has 0 fully saturated rings. The second-order valence-corrected chi connectivity index (χ2v) is 8.37. The summed E-state index contributed by atoms with van der Waals surface area (Å²) in [4.78, 5) is 39.0. The lowest BCUT2D eigenvalue weighted by Crippen LogP contribution is -2.25. The van der Waals surface area contributed by atoms with E-state index in [2.05, 4.69) is 31.1 Å². The summed E-state index contributed by atoms with van der Waals surface area (Å²) in [6.45, 7) is 7.16. The lowest BCUT2D eigenvalue weighted by Gasteiger charge is -2.18. The van der Waals surface area contributed by atoms with E-state index in [9.17, 15) is 31.1 Å². The summed E-state index contributed by atoms with van der Waals surface area (Å²) in [5.74, 6) is -4.26. The molecule has 15 heteroatoms. The van der Waals surface area contributed by atoms with E-state index in [1.54, 1.807) is 19.0 Å². The molecule has 0 unspecified atom stereocenters. The fraction of sp³-hybridized carbons (Fsp3) is 0.619. The minimum atomic E-state index is -5.08. The zero-order valence-corrected chi connectivity index (χ0v) is 20.4. The highest BCUT2D eigenvalue weighted by atomic mass is 19.4. The molecule has 0 atom stereocenters. The Kier molecular flexibility index (Phi) is 12.7. The van der Waals surface area contributed by atoms with Gasteiger partial charge in [-0.25, -0.2) is 14.6 Å². The van der Waals surface area contributed by atoms with Crippen molar-refractivity contribution < 1.29 is 50.9 Å². The van der Waals surface area contributed by atoms with Crippen molar-refractivity contribution in [2.75, 3.05) is 46.1 Å². The highest BCUT2D eigenvalue weighted by molar-refractivity contribution is 5.98. The van der Waals surface area contributed by atoms with E-state index in [0.717, 1.165) is 44.0 Å². The van der Waals surface area contributed by atoms with Crippen LogP contribution in [-0.2, 0) is 22.4 Å². The maximum Gasteiger partial charge on any atom is 0.490 e. The molecule has 2 heterocycles. The first-order valence-electron chi connectivity index (χ1n) is 10.5. The lowest BCUT2D eigenvalue weighted by molar-refractivity contribution is -0.193. The molecule has 1 aromatic rings. The maximum absolute atomic E-state index is 12.5. The minimum absolute atomic E-state index is 0.0131. The molecular formula is C21H30F6N4O5. The second-order valence-electron chi connectivity index (χ2n) is 8.37. The minimum Gasteiger partial charge on any atom is -0.475 e. The molecular weight excluding hydrogens is 502 g/mol. The number of anilines is 1. The Morgan fingerprint density at radius 1 is 1.03 bits per heavy atom. The number of carboxylic acid groups (broad SMARTS) is 2. The van der Waals surface area contributed by atoms with Gasteiger partial charge in [0.05, 0.1) is 5.56 Å². The van der Waals surface area contributed by atoms with E-state index < -0.39 is 24.3 Å². The Bertz CT molecular complexity index is 880. The molecule has 0 bridgehead atoms. The number of aromatic nitrogens is 1. The first kappa shape index (κ1) is 32.9. The molecule has 1 aliphatic rings. The molecule has 0 saturated heterocycles. The number of amides is 1. The van der Waals surface area contributed by atoms with Gasteiger partial charge in [0.15, 0.2) is 0 Å². The lowest BCUT2D eigenvalue weighted by atomic mass is 10.0. The predicted octanol–water partition coefficient (Wildman–Crippen LogP) is 3.15. The van der Waals surface area contributed by atoms with Gasteiger partial charge in [0, 0.05) is 45.8 Å². The van der Waals surface area contributed by atoms with Crippen molar-refractivity contribution >= 4 is 23.7 Å². The zero-order valence-electron chi connectivity index (χ0n) is 20.4. The van der Waals surface area contributed by atoms with Crippen molar-refractivity contribution in [2.45, 2.75) is 39.0 Å². The van der Waals surface area contributed by atoms with Gasteiger partial charge >= 0.3 is 24.3 Å². The third-order valence-corrected chi connectivity index (χ3v) is 4.48. The first-order valence-corrected chi connectivity index (χ1v) is 10.5. The maximum atomic E-state index is 12.5. The van der Waals surface area contributed by atoms with Crippen molar-refractivity contribution in [1.82, 2.24) is 14.8 Å². The first-order chi connectivity index (χ1) is 16.3. The van der Waals surface area contributed by atoms with Crippen LogP contribution in [0.25, 0.3) is 0 Å². The van der Waals surface area contributed by atoms with Gasteiger partial charge in [-0.1, -0.05) is 13.8 Å². The number of alkyl halides is 6. The summed E-state index contributed by atoms with van der Waals surface area (Å²) in [5.41, 5.74) is 3.03. The SMILES string of the molecule is CC(C)CNc1nc2c(cc1C(=O)N(C)C)CCN(C)CC2.O=C(O)C(F)(F)F.O=C(O)C(F)(F)F. The molecule has 0 saturated carbocycles. The van der Waals surface area contributed by atoms with E-state index in [-0.39, 0.29) is 5.91 Å². The van der Waals surface area contributed by atoms with Gasteiger partial charge in [-0.3, -0.25) is 4.79 Å². The van der Waals surface area contributed by atoms with E-state index >= 15 is 0 Å². The second kappa shape index (κ2) is 13.8. The van der Waals surface area contributed by atoms with Crippen LogP contribution in [0.4, 0.5) is 32.2 Å². The standard InChI is InChI=1S/C17H28N4O.2C2HF3O2/c1-12(2)11-18-16-14(17(22)20(3)4)10-13-6-8-21(5)9-7-15(13)19-16;2*3-2(4,5)1(6)7/h10,12H,6-9,11H2,1-5H3,(H,18,19);2*(H,6,7). The van der Waals surface area contributed by atoms with Crippen molar-refractivity contribution in [3.63, 3.8) is 0 Å². The van der Waals surface area contributed by atoms with E-state index in [4.69, 9.17) is 24.8 Å². The van der Waals surface area contributed by atoms with Gasteiger partial charge < -0.3 is 25.3 Å². The van der Waals surface area contributed by atoms with E-state index in [0.29, 0.717) is 11.5 Å². The number of hydrogen-bond donors (Lipinski definition) is 3. The zero-order chi connectivity index (χ0) is 28.4. The van der Waals surface area contributed by atoms with Crippen LogP contribution >= 0.6 is 0 Å². The number of fused-ring (bicyclic) bond motifs is 1. The van der Waals surface area contributed by atoms with Crippen molar-refractivity contribution in [1.29, 1.82) is 0 Å². The van der Waals surface area contributed by atoms with Crippen LogP contribution in [0.1, 0.15) is 35.5 Å². The molecule has 3 N–H and O–H groups in total. The van der Waals surface area contributed by atoms with Gasteiger partial charge in [-0.15, -0.1) is 0 Å². The highest BCUT2D eigenvalue weighted by Gasteiger charge is 2.38. The number of likely N-dealkylation sites (N-methyl/N-ethyl adjacent to an activating group) is 1. The number of aliphatic carboxylic acids is 2. The number of nitrogens with zero attached hydrogens (tertiary/aromatic N) is 3. The number of carbonyl (C=O) groups excluding carboxylic acids is 1. The van der Waals surface area contributed by atoms with Crippen LogP contribution in [0.2, 0.25) is 0 Å².